The number of carbonyl (C=O) groups excluding carboxylic acids is 2. The summed E-state index contributed by atoms with van der Waals surface area (Å²) in [5, 5.41) is 0. The molecule has 0 N–H and O–H groups in total. The van der Waals surface area contributed by atoms with E-state index in [0.29, 0.717) is 37.5 Å². The first-order valence-electron chi connectivity index (χ1n) is 9.96. The van der Waals surface area contributed by atoms with Gasteiger partial charge in [-0.2, -0.15) is 0 Å². The van der Waals surface area contributed by atoms with Crippen molar-refractivity contribution in [3.63, 3.8) is 0 Å². The normalized spacial score (nSPS) is 14.5. The monoisotopic (exact) mass is 467 g/mol. The quantitative estimate of drug-likeness (QED) is 0.458. The standard InChI is InChI=1S/C24H22BrNO4/c25-19-6-8-20(9-7-19)29-16-21-10-11-22(30-21)24(28)26-14-12-18(13-15-26)23(27)17-4-2-1-3-5-17/h1-11,18H,12-16H2. The third-order valence-electron chi connectivity index (χ3n) is 5.28. The molecule has 5 nitrogen and oxygen atoms in total. The number of amides is 1. The molecule has 1 saturated heterocycles. The minimum absolute atomic E-state index is 0.0390. The summed E-state index contributed by atoms with van der Waals surface area (Å²) in [4.78, 5) is 27.1. The first kappa shape index (κ1) is 20.4. The molecule has 2 heterocycles. The molecule has 4 rings (SSSR count). The average molecular weight is 468 g/mol. The molecule has 0 unspecified atom stereocenters. The number of rotatable bonds is 6. The van der Waals surface area contributed by atoms with Gasteiger partial charge in [-0.3, -0.25) is 9.59 Å². The van der Waals surface area contributed by atoms with Crippen LogP contribution in [0.15, 0.2) is 75.6 Å². The number of carbonyl (C=O) groups is 2. The van der Waals surface area contributed by atoms with E-state index in [4.69, 9.17) is 9.15 Å². The van der Waals surface area contributed by atoms with E-state index in [2.05, 4.69) is 15.9 Å². The lowest BCUT2D eigenvalue weighted by atomic mass is 9.89. The van der Waals surface area contributed by atoms with Gasteiger partial charge in [0.25, 0.3) is 5.91 Å². The zero-order valence-electron chi connectivity index (χ0n) is 16.4. The minimum Gasteiger partial charge on any atom is -0.486 e. The van der Waals surface area contributed by atoms with Crippen LogP contribution in [0.4, 0.5) is 0 Å². The second kappa shape index (κ2) is 9.30. The number of halogens is 1. The largest absolute Gasteiger partial charge is 0.486 e. The van der Waals surface area contributed by atoms with E-state index < -0.39 is 0 Å². The van der Waals surface area contributed by atoms with Crippen LogP contribution in [0.25, 0.3) is 0 Å². The van der Waals surface area contributed by atoms with Crippen molar-refractivity contribution in [2.24, 2.45) is 5.92 Å². The van der Waals surface area contributed by atoms with Crippen molar-refractivity contribution in [2.75, 3.05) is 13.1 Å². The third-order valence-corrected chi connectivity index (χ3v) is 5.81. The molecule has 154 valence electrons. The van der Waals surface area contributed by atoms with Crippen LogP contribution in [0.5, 0.6) is 5.75 Å². The van der Waals surface area contributed by atoms with Gasteiger partial charge in [0.2, 0.25) is 0 Å². The van der Waals surface area contributed by atoms with E-state index in [0.717, 1.165) is 15.8 Å². The molecule has 1 aromatic heterocycles. The fourth-order valence-corrected chi connectivity index (χ4v) is 3.86. The molecular formula is C24H22BrNO4. The van der Waals surface area contributed by atoms with Crippen molar-refractivity contribution >= 4 is 27.6 Å². The lowest BCUT2D eigenvalue weighted by molar-refractivity contribution is 0.0621. The smallest absolute Gasteiger partial charge is 0.289 e. The molecule has 0 aliphatic carbocycles. The Kier molecular flexibility index (Phi) is 6.33. The number of likely N-dealkylation sites (tertiary alicyclic amines) is 1. The average Bonchev–Trinajstić information content (AvgIpc) is 3.27. The number of nitrogens with zero attached hydrogens (tertiary/aromatic N) is 1. The van der Waals surface area contributed by atoms with Crippen molar-refractivity contribution in [1.82, 2.24) is 4.90 Å². The van der Waals surface area contributed by atoms with Crippen LogP contribution in [-0.2, 0) is 6.61 Å². The second-order valence-corrected chi connectivity index (χ2v) is 8.22. The highest BCUT2D eigenvalue weighted by Crippen LogP contribution is 2.24. The van der Waals surface area contributed by atoms with Gasteiger partial charge in [0, 0.05) is 29.0 Å². The van der Waals surface area contributed by atoms with E-state index >= 15 is 0 Å². The summed E-state index contributed by atoms with van der Waals surface area (Å²) in [7, 11) is 0. The molecule has 2 aromatic carbocycles. The zero-order chi connectivity index (χ0) is 20.9. The Hall–Kier alpha value is -2.86. The van der Waals surface area contributed by atoms with Gasteiger partial charge in [-0.15, -0.1) is 0 Å². The number of piperidine rings is 1. The Balaban J connectivity index is 1.30. The van der Waals surface area contributed by atoms with Crippen LogP contribution < -0.4 is 4.74 Å². The molecule has 1 aliphatic rings. The maximum absolute atomic E-state index is 12.8. The highest BCUT2D eigenvalue weighted by molar-refractivity contribution is 9.10. The summed E-state index contributed by atoms with van der Waals surface area (Å²) in [5.41, 5.74) is 0.740. The fraction of sp³-hybridized carbons (Fsp3) is 0.250. The summed E-state index contributed by atoms with van der Waals surface area (Å²) in [6.07, 6.45) is 1.33. The van der Waals surface area contributed by atoms with Gasteiger partial charge >= 0.3 is 0 Å². The highest BCUT2D eigenvalue weighted by Gasteiger charge is 2.29. The lowest BCUT2D eigenvalue weighted by Crippen LogP contribution is -2.40. The van der Waals surface area contributed by atoms with Gasteiger partial charge in [-0.25, -0.2) is 0 Å². The SMILES string of the molecule is O=C(c1ccccc1)C1CCN(C(=O)c2ccc(COc3ccc(Br)cc3)o2)CC1. The van der Waals surface area contributed by atoms with Crippen LogP contribution in [0, 0.1) is 5.92 Å². The Morgan fingerprint density at radius 2 is 1.67 bits per heavy atom. The number of ketones is 1. The van der Waals surface area contributed by atoms with Crippen molar-refractivity contribution in [3.05, 3.63) is 88.3 Å². The molecular weight excluding hydrogens is 446 g/mol. The minimum atomic E-state index is -0.143. The summed E-state index contributed by atoms with van der Waals surface area (Å²) < 4.78 is 12.4. The Morgan fingerprint density at radius 3 is 2.37 bits per heavy atom. The van der Waals surface area contributed by atoms with Gasteiger partial charge in [-0.05, 0) is 49.2 Å². The molecule has 1 aliphatic heterocycles. The maximum Gasteiger partial charge on any atom is 0.289 e. The fourth-order valence-electron chi connectivity index (χ4n) is 3.59. The number of hydrogen-bond donors (Lipinski definition) is 0. The molecule has 6 heteroatoms. The van der Waals surface area contributed by atoms with Crippen molar-refractivity contribution < 1.29 is 18.7 Å². The summed E-state index contributed by atoms with van der Waals surface area (Å²) in [6.45, 7) is 1.35. The van der Waals surface area contributed by atoms with Crippen molar-refractivity contribution in [1.29, 1.82) is 0 Å². The van der Waals surface area contributed by atoms with Crippen LogP contribution in [0.1, 0.15) is 39.5 Å². The molecule has 3 aromatic rings. The molecule has 0 radical (unpaired) electrons. The number of hydrogen-bond acceptors (Lipinski definition) is 4. The Bertz CT molecular complexity index is 1010. The van der Waals surface area contributed by atoms with Gasteiger partial charge in [-0.1, -0.05) is 46.3 Å². The van der Waals surface area contributed by atoms with E-state index in [1.54, 1.807) is 17.0 Å². The zero-order valence-corrected chi connectivity index (χ0v) is 18.0. The molecule has 1 fully saturated rings. The van der Waals surface area contributed by atoms with E-state index in [-0.39, 0.29) is 24.2 Å². The molecule has 0 bridgehead atoms. The third kappa shape index (κ3) is 4.82. The molecule has 30 heavy (non-hydrogen) atoms. The van der Waals surface area contributed by atoms with Crippen LogP contribution in [-0.4, -0.2) is 29.7 Å². The predicted molar refractivity (Wildman–Crippen MR) is 117 cm³/mol. The number of ether oxygens (including phenoxy) is 1. The van der Waals surface area contributed by atoms with E-state index in [1.165, 1.54) is 0 Å². The van der Waals surface area contributed by atoms with Gasteiger partial charge < -0.3 is 14.1 Å². The Labute approximate surface area is 183 Å². The second-order valence-electron chi connectivity index (χ2n) is 7.31. The number of furan rings is 1. The van der Waals surface area contributed by atoms with E-state index in [1.807, 2.05) is 54.6 Å². The van der Waals surface area contributed by atoms with Crippen LogP contribution in [0.3, 0.4) is 0 Å². The predicted octanol–water partition coefficient (Wildman–Crippen LogP) is 5.36. The van der Waals surface area contributed by atoms with Gasteiger partial charge in [0.1, 0.15) is 18.1 Å². The van der Waals surface area contributed by atoms with Crippen LogP contribution >= 0.6 is 15.9 Å². The first-order valence-corrected chi connectivity index (χ1v) is 10.7. The molecule has 0 saturated carbocycles. The van der Waals surface area contributed by atoms with Gasteiger partial charge in [0.15, 0.2) is 11.5 Å². The van der Waals surface area contributed by atoms with E-state index in [9.17, 15) is 9.59 Å². The molecule has 0 atom stereocenters. The van der Waals surface area contributed by atoms with Crippen molar-refractivity contribution in [2.45, 2.75) is 19.4 Å². The number of Topliss-reactive ketones (excluding diaryl/α,β-unsaturated/α-hetero) is 1. The maximum atomic E-state index is 12.8. The number of benzene rings is 2. The summed E-state index contributed by atoms with van der Waals surface area (Å²) in [5.74, 6) is 1.60. The first-order chi connectivity index (χ1) is 14.6. The summed E-state index contributed by atoms with van der Waals surface area (Å²) >= 11 is 3.39. The Morgan fingerprint density at radius 1 is 0.967 bits per heavy atom. The topological polar surface area (TPSA) is 59.8 Å². The summed E-state index contributed by atoms with van der Waals surface area (Å²) in [6, 6.07) is 20.3. The lowest BCUT2D eigenvalue weighted by Gasteiger charge is -2.30. The van der Waals surface area contributed by atoms with Crippen molar-refractivity contribution in [3.8, 4) is 5.75 Å². The van der Waals surface area contributed by atoms with Gasteiger partial charge in [0.05, 0.1) is 0 Å². The molecule has 0 spiro atoms. The molecule has 1 amide bonds. The van der Waals surface area contributed by atoms with Crippen LogP contribution in [0.2, 0.25) is 0 Å². The highest BCUT2D eigenvalue weighted by atomic mass is 79.9.